The Hall–Kier alpha value is -0.837. The molecule has 15 heteroatoms. The summed E-state index contributed by atoms with van der Waals surface area (Å²) in [6.07, 6.45) is -16.2. The normalized spacial score (nSPS) is 19.6. The Kier molecular flexibility index (Phi) is 17.3. The molecule has 0 aromatic heterocycles. The van der Waals surface area contributed by atoms with Gasteiger partial charge in [0.05, 0.1) is 25.2 Å². The van der Waals surface area contributed by atoms with Crippen LogP contribution in [0.5, 0.6) is 0 Å². The number of carbonyl (C=O) groups is 2. The minimum Gasteiger partial charge on any atom is -0.547 e. The maximum absolute atomic E-state index is 9.98. The minimum absolute atomic E-state index is 0. The molecule has 0 saturated heterocycles. The fourth-order valence-corrected chi connectivity index (χ4v) is 1.32. The van der Waals surface area contributed by atoms with Gasteiger partial charge in [0.2, 0.25) is 0 Å². The zero-order valence-corrected chi connectivity index (χ0v) is 16.8. The third kappa shape index (κ3) is 10.9. The number of aliphatic hydroxyl groups is 10. The molecule has 27 heavy (non-hydrogen) atoms. The van der Waals surface area contributed by atoms with Gasteiger partial charge < -0.3 is 70.9 Å². The molecule has 0 aliphatic heterocycles. The largest absolute Gasteiger partial charge is 2.00 e. The summed E-state index contributed by atoms with van der Waals surface area (Å²) >= 11 is 0. The number of rotatable bonds is 10. The van der Waals surface area contributed by atoms with Crippen molar-refractivity contribution in [2.45, 2.75) is 48.8 Å². The van der Waals surface area contributed by atoms with E-state index in [2.05, 4.69) is 0 Å². The number of aliphatic hydroxyl groups excluding tert-OH is 10. The summed E-state index contributed by atoms with van der Waals surface area (Å²) in [5.74, 6) is -3.95. The van der Waals surface area contributed by atoms with Crippen molar-refractivity contribution < 1.29 is 90.3 Å². The first-order valence-corrected chi connectivity index (χ1v) is 6.91. The molecule has 0 bridgehead atoms. The Morgan fingerprint density at radius 1 is 0.593 bits per heavy atom. The van der Waals surface area contributed by atoms with Crippen LogP contribution in [0.2, 0.25) is 0 Å². The van der Waals surface area contributed by atoms with Gasteiger partial charge in [0.15, 0.2) is 0 Å². The van der Waals surface area contributed by atoms with Gasteiger partial charge in [0.25, 0.3) is 0 Å². The summed E-state index contributed by atoms with van der Waals surface area (Å²) in [7, 11) is 0. The number of carbonyl (C=O) groups excluding carboxylic acids is 2. The minimum atomic E-state index is -2.31. The van der Waals surface area contributed by atoms with Crippen molar-refractivity contribution in [1.82, 2.24) is 0 Å². The molecule has 0 aromatic carbocycles. The van der Waals surface area contributed by atoms with Crippen LogP contribution in [0, 0.1) is 0 Å². The average Bonchev–Trinajstić information content (AvgIpc) is 2.62. The molecule has 14 nitrogen and oxygen atoms in total. The zero-order valence-electron chi connectivity index (χ0n) is 13.8. The van der Waals surface area contributed by atoms with E-state index in [1.54, 1.807) is 0 Å². The van der Waals surface area contributed by atoms with Gasteiger partial charge in [0, 0.05) is 0 Å². The molecule has 0 radical (unpaired) electrons. The molecule has 0 spiro atoms. The van der Waals surface area contributed by atoms with E-state index < -0.39 is 74.0 Å². The molecular weight excluding hydrogens is 434 g/mol. The van der Waals surface area contributed by atoms with Crippen molar-refractivity contribution in [1.29, 1.82) is 0 Å². The second-order valence-corrected chi connectivity index (χ2v) is 4.99. The molecular formula is C12H22O14Zn. The van der Waals surface area contributed by atoms with Crippen LogP contribution in [0.4, 0.5) is 0 Å². The fourth-order valence-electron chi connectivity index (χ4n) is 1.32. The SMILES string of the molecule is O=C([O-])[C@@H](O)[C@H](O)[C@@H](O)[C@@H](O)CO.O=C([O-])[C@@H](O)[C@H](O)[C@@H](O)[C@@H](O)CO.[Zn+2]. The topological polar surface area (TPSA) is 283 Å². The van der Waals surface area contributed by atoms with Crippen LogP contribution in [-0.2, 0) is 29.1 Å². The van der Waals surface area contributed by atoms with E-state index in [0.717, 1.165) is 0 Å². The Morgan fingerprint density at radius 3 is 0.963 bits per heavy atom. The molecule has 8 atom stereocenters. The van der Waals surface area contributed by atoms with E-state index in [-0.39, 0.29) is 19.5 Å². The van der Waals surface area contributed by atoms with Crippen molar-refractivity contribution >= 4 is 11.9 Å². The smallest absolute Gasteiger partial charge is 0.547 e. The summed E-state index contributed by atoms with van der Waals surface area (Å²) in [6.45, 7) is -1.73. The number of carboxylic acid groups (broad SMARTS) is 2. The first kappa shape index (κ1) is 30.9. The van der Waals surface area contributed by atoms with Crippen LogP contribution < -0.4 is 10.2 Å². The predicted octanol–water partition coefficient (Wildman–Crippen LogP) is -9.66. The standard InChI is InChI=1S/2C6H12O7.Zn/c2*7-1-2(8)3(9)4(10)5(11)6(12)13;/h2*2-5,7-11H,1H2,(H,12,13);/q;;+2/p-2/t2*2-,3-,4+,5-;/m00./s1. The van der Waals surface area contributed by atoms with E-state index in [1.807, 2.05) is 0 Å². The molecule has 0 fully saturated rings. The van der Waals surface area contributed by atoms with Crippen LogP contribution in [-0.4, -0.2) is 125 Å². The molecule has 0 rings (SSSR count). The third-order valence-corrected chi connectivity index (χ3v) is 2.99. The van der Waals surface area contributed by atoms with Crippen molar-refractivity contribution in [2.24, 2.45) is 0 Å². The van der Waals surface area contributed by atoms with Crippen molar-refractivity contribution in [2.75, 3.05) is 13.2 Å². The molecule has 0 unspecified atom stereocenters. The summed E-state index contributed by atoms with van der Waals surface area (Å²) in [5.41, 5.74) is 0. The summed E-state index contributed by atoms with van der Waals surface area (Å²) < 4.78 is 0. The van der Waals surface area contributed by atoms with Gasteiger partial charge in [-0.2, -0.15) is 0 Å². The van der Waals surface area contributed by atoms with Gasteiger partial charge in [-0.15, -0.1) is 0 Å². The average molecular weight is 456 g/mol. The molecule has 10 N–H and O–H groups in total. The zero-order chi connectivity index (χ0) is 21.2. The van der Waals surface area contributed by atoms with E-state index in [0.29, 0.717) is 0 Å². The quantitative estimate of drug-likeness (QED) is 0.137. The Morgan fingerprint density at radius 2 is 0.815 bits per heavy atom. The van der Waals surface area contributed by atoms with Crippen LogP contribution in [0.15, 0.2) is 0 Å². The third-order valence-electron chi connectivity index (χ3n) is 2.99. The monoisotopic (exact) mass is 454 g/mol. The number of hydrogen-bond acceptors (Lipinski definition) is 14. The fraction of sp³-hybridized carbons (Fsp3) is 0.833. The van der Waals surface area contributed by atoms with Gasteiger partial charge in [-0.1, -0.05) is 0 Å². The van der Waals surface area contributed by atoms with Crippen LogP contribution >= 0.6 is 0 Å². The van der Waals surface area contributed by atoms with Crippen molar-refractivity contribution in [3.63, 3.8) is 0 Å². The molecule has 0 amide bonds. The Labute approximate surface area is 164 Å². The van der Waals surface area contributed by atoms with Crippen LogP contribution in [0.25, 0.3) is 0 Å². The molecule has 0 heterocycles. The number of aliphatic carboxylic acids is 2. The second-order valence-electron chi connectivity index (χ2n) is 4.99. The van der Waals surface area contributed by atoms with Gasteiger partial charge in [0.1, 0.15) is 48.8 Å². The van der Waals surface area contributed by atoms with Gasteiger partial charge in [-0.3, -0.25) is 0 Å². The number of carboxylic acids is 2. The molecule has 0 aliphatic carbocycles. The first-order chi connectivity index (χ1) is 11.8. The van der Waals surface area contributed by atoms with E-state index in [9.17, 15) is 19.8 Å². The Bertz CT molecular complexity index is 385. The molecule has 0 aromatic rings. The van der Waals surface area contributed by atoms with Crippen molar-refractivity contribution in [3.05, 3.63) is 0 Å². The number of hydrogen-bond donors (Lipinski definition) is 10. The van der Waals surface area contributed by atoms with E-state index in [4.69, 9.17) is 51.1 Å². The predicted molar refractivity (Wildman–Crippen MR) is 72.2 cm³/mol. The van der Waals surface area contributed by atoms with Crippen molar-refractivity contribution in [3.8, 4) is 0 Å². The van der Waals surface area contributed by atoms with Gasteiger partial charge in [-0.25, -0.2) is 0 Å². The summed E-state index contributed by atoms with van der Waals surface area (Å²) in [5, 5.41) is 107. The molecule has 0 aliphatic rings. The van der Waals surface area contributed by atoms with Crippen LogP contribution in [0.3, 0.4) is 0 Å². The summed E-state index contributed by atoms with van der Waals surface area (Å²) in [4.78, 5) is 20.0. The van der Waals surface area contributed by atoms with E-state index in [1.165, 1.54) is 0 Å². The maximum Gasteiger partial charge on any atom is 2.00 e. The van der Waals surface area contributed by atoms with Gasteiger partial charge >= 0.3 is 19.5 Å². The van der Waals surface area contributed by atoms with Crippen LogP contribution in [0.1, 0.15) is 0 Å². The van der Waals surface area contributed by atoms with E-state index >= 15 is 0 Å². The summed E-state index contributed by atoms with van der Waals surface area (Å²) in [6, 6.07) is 0. The molecule has 0 saturated carbocycles. The Balaban J connectivity index is -0.000000411. The maximum atomic E-state index is 9.98. The molecule has 156 valence electrons. The second kappa shape index (κ2) is 15.1. The first-order valence-electron chi connectivity index (χ1n) is 6.91. The van der Waals surface area contributed by atoms with Gasteiger partial charge in [-0.05, 0) is 0 Å².